The number of hydrogen-bond donors (Lipinski definition) is 0. The Morgan fingerprint density at radius 3 is 2.47 bits per heavy atom. The third-order valence-corrected chi connectivity index (χ3v) is 3.98. The molecule has 2 aliphatic rings. The van der Waals surface area contributed by atoms with Gasteiger partial charge in [-0.2, -0.15) is 0 Å². The quantitative estimate of drug-likeness (QED) is 0.708. The summed E-state index contributed by atoms with van der Waals surface area (Å²) < 4.78 is 11.1. The van der Waals surface area contributed by atoms with Crippen LogP contribution in [0.15, 0.2) is 0 Å². The molecule has 100 valence electrons. The van der Waals surface area contributed by atoms with Gasteiger partial charge in [0, 0.05) is 38.7 Å². The molecule has 2 saturated heterocycles. The van der Waals surface area contributed by atoms with Crippen molar-refractivity contribution in [2.75, 3.05) is 45.3 Å². The van der Waals surface area contributed by atoms with Gasteiger partial charge in [-0.25, -0.2) is 0 Å². The molecule has 0 spiro atoms. The van der Waals surface area contributed by atoms with E-state index >= 15 is 0 Å². The Labute approximate surface area is 109 Å². The topological polar surface area (TPSA) is 21.7 Å². The summed E-state index contributed by atoms with van der Waals surface area (Å²) in [6, 6.07) is 0. The van der Waals surface area contributed by atoms with E-state index in [0.29, 0.717) is 18.6 Å². The van der Waals surface area contributed by atoms with Crippen LogP contribution in [0, 0.1) is 5.92 Å². The van der Waals surface area contributed by atoms with Crippen LogP contribution in [0.2, 0.25) is 0 Å². The van der Waals surface area contributed by atoms with Crippen molar-refractivity contribution in [3.63, 3.8) is 0 Å². The molecule has 4 heteroatoms. The Balaban J connectivity index is 1.61. The summed E-state index contributed by atoms with van der Waals surface area (Å²) in [6.45, 7) is 6.24. The van der Waals surface area contributed by atoms with Gasteiger partial charge in [-0.1, -0.05) is 0 Å². The fourth-order valence-electron chi connectivity index (χ4n) is 2.76. The van der Waals surface area contributed by atoms with Gasteiger partial charge < -0.3 is 14.4 Å². The number of halogens is 1. The lowest BCUT2D eigenvalue weighted by atomic mass is 9.98. The number of hydrogen-bond acceptors (Lipinski definition) is 3. The molecular weight excluding hydrogens is 238 g/mol. The van der Waals surface area contributed by atoms with Gasteiger partial charge in [0.2, 0.25) is 0 Å². The van der Waals surface area contributed by atoms with Crippen molar-refractivity contribution in [1.29, 1.82) is 0 Å². The molecule has 0 atom stereocenters. The lowest BCUT2D eigenvalue weighted by Gasteiger charge is -2.35. The van der Waals surface area contributed by atoms with Gasteiger partial charge in [-0.05, 0) is 31.6 Å². The summed E-state index contributed by atoms with van der Waals surface area (Å²) in [5.74, 6) is 1.46. The molecule has 0 radical (unpaired) electrons. The molecule has 0 saturated carbocycles. The van der Waals surface area contributed by atoms with Crippen molar-refractivity contribution in [3.8, 4) is 0 Å². The second kappa shape index (κ2) is 7.57. The molecule has 0 aromatic heterocycles. The molecule has 0 bridgehead atoms. The molecule has 0 N–H and O–H groups in total. The highest BCUT2D eigenvalue weighted by molar-refractivity contribution is 6.17. The highest BCUT2D eigenvalue weighted by Gasteiger charge is 2.23. The lowest BCUT2D eigenvalue weighted by Crippen LogP contribution is -2.40. The molecule has 2 aliphatic heterocycles. The molecule has 2 fully saturated rings. The Morgan fingerprint density at radius 1 is 1.12 bits per heavy atom. The normalized spacial score (nSPS) is 25.2. The standard InChI is InChI=1S/C13H24ClNO2/c14-5-10-17-13-1-6-15(7-2-13)11-12-3-8-16-9-4-12/h12-13H,1-11H2. The third kappa shape index (κ3) is 4.74. The largest absolute Gasteiger partial charge is 0.381 e. The highest BCUT2D eigenvalue weighted by Crippen LogP contribution is 2.20. The van der Waals surface area contributed by atoms with Gasteiger partial charge in [-0.3, -0.25) is 0 Å². The monoisotopic (exact) mass is 261 g/mol. The van der Waals surface area contributed by atoms with Crippen LogP contribution in [0.1, 0.15) is 25.7 Å². The highest BCUT2D eigenvalue weighted by atomic mass is 35.5. The lowest BCUT2D eigenvalue weighted by molar-refractivity contribution is 0.00283. The Bertz CT molecular complexity index is 202. The molecule has 0 amide bonds. The second-order valence-electron chi connectivity index (χ2n) is 5.12. The van der Waals surface area contributed by atoms with E-state index in [0.717, 1.165) is 19.1 Å². The van der Waals surface area contributed by atoms with E-state index in [9.17, 15) is 0 Å². The smallest absolute Gasteiger partial charge is 0.0605 e. The van der Waals surface area contributed by atoms with Crippen molar-refractivity contribution in [2.45, 2.75) is 31.8 Å². The van der Waals surface area contributed by atoms with Crippen LogP contribution in [0.4, 0.5) is 0 Å². The Morgan fingerprint density at radius 2 is 1.82 bits per heavy atom. The number of rotatable bonds is 5. The molecule has 3 nitrogen and oxygen atoms in total. The van der Waals surface area contributed by atoms with Gasteiger partial charge in [0.05, 0.1) is 12.7 Å². The summed E-state index contributed by atoms with van der Waals surface area (Å²) in [5, 5.41) is 0. The van der Waals surface area contributed by atoms with Gasteiger partial charge in [0.15, 0.2) is 0 Å². The summed E-state index contributed by atoms with van der Waals surface area (Å²) in [4.78, 5) is 2.59. The minimum atomic E-state index is 0.444. The second-order valence-corrected chi connectivity index (χ2v) is 5.49. The first-order valence-electron chi connectivity index (χ1n) is 6.86. The van der Waals surface area contributed by atoms with E-state index in [1.807, 2.05) is 0 Å². The zero-order chi connectivity index (χ0) is 11.9. The van der Waals surface area contributed by atoms with Crippen molar-refractivity contribution in [1.82, 2.24) is 4.90 Å². The van der Waals surface area contributed by atoms with E-state index in [-0.39, 0.29) is 0 Å². The average Bonchev–Trinajstić information content (AvgIpc) is 2.39. The van der Waals surface area contributed by atoms with Crippen molar-refractivity contribution >= 4 is 11.6 Å². The van der Waals surface area contributed by atoms with Crippen molar-refractivity contribution < 1.29 is 9.47 Å². The minimum Gasteiger partial charge on any atom is -0.381 e. The maximum atomic E-state index is 5.69. The molecule has 0 aromatic carbocycles. The third-order valence-electron chi connectivity index (χ3n) is 3.82. The van der Waals surface area contributed by atoms with Gasteiger partial charge in [-0.15, -0.1) is 11.6 Å². The van der Waals surface area contributed by atoms with Crippen LogP contribution in [0.3, 0.4) is 0 Å². The summed E-state index contributed by atoms with van der Waals surface area (Å²) in [6.07, 6.45) is 5.26. The number of nitrogens with zero attached hydrogens (tertiary/aromatic N) is 1. The number of ether oxygens (including phenoxy) is 2. The van der Waals surface area contributed by atoms with Crippen LogP contribution in [-0.2, 0) is 9.47 Å². The van der Waals surface area contributed by atoms with Crippen LogP contribution in [0.5, 0.6) is 0 Å². The summed E-state index contributed by atoms with van der Waals surface area (Å²) >= 11 is 5.63. The van der Waals surface area contributed by atoms with Crippen LogP contribution < -0.4 is 0 Å². The summed E-state index contributed by atoms with van der Waals surface area (Å²) in [5.41, 5.74) is 0. The SMILES string of the molecule is ClCCOC1CCN(CC2CCOCC2)CC1. The Hall–Kier alpha value is 0.170. The summed E-state index contributed by atoms with van der Waals surface area (Å²) in [7, 11) is 0. The molecule has 0 aliphatic carbocycles. The molecule has 0 unspecified atom stereocenters. The van der Waals surface area contributed by atoms with Gasteiger partial charge in [0.1, 0.15) is 0 Å². The van der Waals surface area contributed by atoms with E-state index < -0.39 is 0 Å². The van der Waals surface area contributed by atoms with Gasteiger partial charge in [0.25, 0.3) is 0 Å². The van der Waals surface area contributed by atoms with Crippen molar-refractivity contribution in [2.24, 2.45) is 5.92 Å². The molecule has 0 aromatic rings. The Kier molecular flexibility index (Phi) is 6.06. The average molecular weight is 262 g/mol. The molecule has 2 heterocycles. The number of piperidine rings is 1. The van der Waals surface area contributed by atoms with E-state index in [1.165, 1.54) is 45.3 Å². The van der Waals surface area contributed by atoms with Crippen LogP contribution in [-0.4, -0.2) is 56.3 Å². The van der Waals surface area contributed by atoms with Gasteiger partial charge >= 0.3 is 0 Å². The van der Waals surface area contributed by atoms with Crippen molar-refractivity contribution in [3.05, 3.63) is 0 Å². The fraction of sp³-hybridized carbons (Fsp3) is 1.00. The molecule has 2 rings (SSSR count). The predicted octanol–water partition coefficient (Wildman–Crippen LogP) is 2.13. The van der Waals surface area contributed by atoms with E-state index in [4.69, 9.17) is 21.1 Å². The van der Waals surface area contributed by atoms with Crippen LogP contribution in [0.25, 0.3) is 0 Å². The maximum absolute atomic E-state index is 5.69. The van der Waals surface area contributed by atoms with E-state index in [1.54, 1.807) is 0 Å². The first-order chi connectivity index (χ1) is 8.38. The first kappa shape index (κ1) is 13.6. The molecular formula is C13H24ClNO2. The first-order valence-corrected chi connectivity index (χ1v) is 7.39. The maximum Gasteiger partial charge on any atom is 0.0605 e. The predicted molar refractivity (Wildman–Crippen MR) is 69.7 cm³/mol. The number of alkyl halides is 1. The molecule has 17 heavy (non-hydrogen) atoms. The van der Waals surface area contributed by atoms with E-state index in [2.05, 4.69) is 4.90 Å². The van der Waals surface area contributed by atoms with Crippen LogP contribution >= 0.6 is 11.6 Å². The zero-order valence-corrected chi connectivity index (χ0v) is 11.3. The zero-order valence-electron chi connectivity index (χ0n) is 10.6. The fourth-order valence-corrected chi connectivity index (χ4v) is 2.85. The minimum absolute atomic E-state index is 0.444. The number of likely N-dealkylation sites (tertiary alicyclic amines) is 1.